The van der Waals surface area contributed by atoms with E-state index in [0.29, 0.717) is 18.8 Å². The monoisotopic (exact) mass is 387 g/mol. The van der Waals surface area contributed by atoms with Crippen LogP contribution in [0.4, 0.5) is 4.39 Å². The molecule has 1 amide bonds. The minimum absolute atomic E-state index is 0.0111. The van der Waals surface area contributed by atoms with Crippen LogP contribution >= 0.6 is 0 Å². The Morgan fingerprint density at radius 3 is 2.93 bits per heavy atom. The van der Waals surface area contributed by atoms with Gasteiger partial charge in [-0.25, -0.2) is 9.07 Å². The van der Waals surface area contributed by atoms with Crippen LogP contribution in [0.5, 0.6) is 0 Å². The lowest BCUT2D eigenvalue weighted by Gasteiger charge is -2.25. The Kier molecular flexibility index (Phi) is 5.97. The highest BCUT2D eigenvalue weighted by molar-refractivity contribution is 5.91. The fourth-order valence-electron chi connectivity index (χ4n) is 3.90. The minimum Gasteiger partial charge on any atom is -0.376 e. The van der Waals surface area contributed by atoms with E-state index >= 15 is 0 Å². The van der Waals surface area contributed by atoms with Crippen LogP contribution in [-0.4, -0.2) is 58.1 Å². The van der Waals surface area contributed by atoms with E-state index in [1.54, 1.807) is 21.8 Å². The summed E-state index contributed by atoms with van der Waals surface area (Å²) in [6, 6.07) is 6.62. The minimum atomic E-state index is -0.307. The standard InChI is InChI=1S/C20H26FN5O2/c21-16-4-1-3-15(11-16)12-25(13-18-5-2-10-28-18)20(27)19-14-26(24-23-19)17-6-8-22-9-7-17/h1,3-4,11,14,17-18,22H,2,5-10,12-13H2. The predicted molar refractivity (Wildman–Crippen MR) is 101 cm³/mol. The van der Waals surface area contributed by atoms with E-state index < -0.39 is 0 Å². The second kappa shape index (κ2) is 8.79. The number of rotatable bonds is 6. The molecule has 2 fully saturated rings. The predicted octanol–water partition coefficient (Wildman–Crippen LogP) is 2.16. The zero-order valence-electron chi connectivity index (χ0n) is 15.9. The highest BCUT2D eigenvalue weighted by atomic mass is 19.1. The molecule has 2 saturated heterocycles. The van der Waals surface area contributed by atoms with Crippen molar-refractivity contribution in [2.24, 2.45) is 0 Å². The van der Waals surface area contributed by atoms with Crippen molar-refractivity contribution in [3.05, 3.63) is 47.5 Å². The van der Waals surface area contributed by atoms with E-state index in [1.165, 1.54) is 12.1 Å². The molecule has 1 atom stereocenters. The van der Waals surface area contributed by atoms with Gasteiger partial charge in [0.1, 0.15) is 5.82 Å². The number of aromatic nitrogens is 3. The molecular formula is C20H26FN5O2. The number of piperidine rings is 1. The van der Waals surface area contributed by atoms with Gasteiger partial charge in [-0.15, -0.1) is 5.10 Å². The van der Waals surface area contributed by atoms with Gasteiger partial charge in [0, 0.05) is 19.7 Å². The van der Waals surface area contributed by atoms with Gasteiger partial charge in [0.2, 0.25) is 0 Å². The second-order valence-corrected chi connectivity index (χ2v) is 7.52. The molecule has 4 rings (SSSR count). The Labute approximate surface area is 163 Å². The molecule has 28 heavy (non-hydrogen) atoms. The maximum atomic E-state index is 13.6. The second-order valence-electron chi connectivity index (χ2n) is 7.52. The summed E-state index contributed by atoms with van der Waals surface area (Å²) in [6.45, 7) is 3.39. The van der Waals surface area contributed by atoms with Gasteiger partial charge in [-0.3, -0.25) is 4.79 Å². The number of hydrogen-bond donors (Lipinski definition) is 1. The van der Waals surface area contributed by atoms with E-state index in [0.717, 1.165) is 50.9 Å². The van der Waals surface area contributed by atoms with Crippen LogP contribution in [0, 0.1) is 5.82 Å². The first-order valence-electron chi connectivity index (χ1n) is 9.97. The van der Waals surface area contributed by atoms with Gasteiger partial charge in [-0.1, -0.05) is 17.3 Å². The first kappa shape index (κ1) is 19.0. The maximum Gasteiger partial charge on any atom is 0.276 e. The Bertz CT molecular complexity index is 799. The summed E-state index contributed by atoms with van der Waals surface area (Å²) in [5.74, 6) is -0.501. The molecule has 8 heteroatoms. The van der Waals surface area contributed by atoms with Crippen LogP contribution in [0.15, 0.2) is 30.5 Å². The molecule has 1 unspecified atom stereocenters. The van der Waals surface area contributed by atoms with Crippen LogP contribution in [0.25, 0.3) is 0 Å². The zero-order valence-corrected chi connectivity index (χ0v) is 15.9. The number of hydrogen-bond acceptors (Lipinski definition) is 5. The van der Waals surface area contributed by atoms with Crippen molar-refractivity contribution in [3.63, 3.8) is 0 Å². The van der Waals surface area contributed by atoms with Crippen molar-refractivity contribution in [3.8, 4) is 0 Å². The Morgan fingerprint density at radius 1 is 1.32 bits per heavy atom. The van der Waals surface area contributed by atoms with Gasteiger partial charge in [0.15, 0.2) is 5.69 Å². The molecule has 0 spiro atoms. The van der Waals surface area contributed by atoms with E-state index in [2.05, 4.69) is 15.6 Å². The van der Waals surface area contributed by atoms with Crippen LogP contribution < -0.4 is 5.32 Å². The molecule has 150 valence electrons. The molecule has 1 aromatic heterocycles. The number of carbonyl (C=O) groups excluding carboxylic acids is 1. The van der Waals surface area contributed by atoms with Gasteiger partial charge in [0.25, 0.3) is 5.91 Å². The molecule has 0 saturated carbocycles. The van der Waals surface area contributed by atoms with Crippen molar-refractivity contribution in [2.75, 3.05) is 26.2 Å². The number of nitrogens with one attached hydrogen (secondary N) is 1. The Balaban J connectivity index is 1.51. The van der Waals surface area contributed by atoms with Gasteiger partial charge in [-0.05, 0) is 56.5 Å². The summed E-state index contributed by atoms with van der Waals surface area (Å²) in [4.78, 5) is 14.9. The number of benzene rings is 1. The third kappa shape index (κ3) is 4.56. The highest BCUT2D eigenvalue weighted by Crippen LogP contribution is 2.20. The lowest BCUT2D eigenvalue weighted by molar-refractivity contribution is 0.0502. The maximum absolute atomic E-state index is 13.6. The summed E-state index contributed by atoms with van der Waals surface area (Å²) < 4.78 is 21.1. The number of carbonyl (C=O) groups is 1. The van der Waals surface area contributed by atoms with Crippen molar-refractivity contribution in [1.29, 1.82) is 0 Å². The van der Waals surface area contributed by atoms with E-state index in [-0.39, 0.29) is 23.9 Å². The topological polar surface area (TPSA) is 72.3 Å². The number of halogens is 1. The molecule has 0 radical (unpaired) electrons. The molecule has 3 heterocycles. The van der Waals surface area contributed by atoms with Crippen molar-refractivity contribution in [2.45, 2.75) is 44.4 Å². The molecule has 1 N–H and O–H groups in total. The van der Waals surface area contributed by atoms with Crippen molar-refractivity contribution >= 4 is 5.91 Å². The molecule has 0 aliphatic carbocycles. The summed E-state index contributed by atoms with van der Waals surface area (Å²) in [7, 11) is 0. The average molecular weight is 387 g/mol. The smallest absolute Gasteiger partial charge is 0.276 e. The molecular weight excluding hydrogens is 361 g/mol. The van der Waals surface area contributed by atoms with Gasteiger partial charge in [-0.2, -0.15) is 0 Å². The Hall–Kier alpha value is -2.32. The normalized spacial score (nSPS) is 20.4. The van der Waals surface area contributed by atoms with E-state index in [4.69, 9.17) is 4.74 Å². The lowest BCUT2D eigenvalue weighted by Crippen LogP contribution is -2.37. The largest absolute Gasteiger partial charge is 0.376 e. The van der Waals surface area contributed by atoms with E-state index in [1.807, 2.05) is 6.07 Å². The highest BCUT2D eigenvalue weighted by Gasteiger charge is 2.26. The number of amides is 1. The Morgan fingerprint density at radius 2 is 2.18 bits per heavy atom. The molecule has 7 nitrogen and oxygen atoms in total. The third-order valence-corrected chi connectivity index (χ3v) is 5.41. The number of nitrogens with zero attached hydrogens (tertiary/aromatic N) is 4. The zero-order chi connectivity index (χ0) is 19.3. The lowest BCUT2D eigenvalue weighted by atomic mass is 10.1. The summed E-state index contributed by atoms with van der Waals surface area (Å²) in [5.41, 5.74) is 1.07. The van der Waals surface area contributed by atoms with Gasteiger partial charge >= 0.3 is 0 Å². The number of ether oxygens (including phenoxy) is 1. The molecule has 1 aromatic carbocycles. The first-order chi connectivity index (χ1) is 13.7. The average Bonchev–Trinajstić information content (AvgIpc) is 3.40. The van der Waals surface area contributed by atoms with Crippen molar-refractivity contribution < 1.29 is 13.9 Å². The van der Waals surface area contributed by atoms with Crippen LogP contribution in [-0.2, 0) is 11.3 Å². The molecule has 2 aliphatic heterocycles. The molecule has 0 bridgehead atoms. The fraction of sp³-hybridized carbons (Fsp3) is 0.550. The van der Waals surface area contributed by atoms with Crippen LogP contribution in [0.3, 0.4) is 0 Å². The van der Waals surface area contributed by atoms with Crippen LogP contribution in [0.1, 0.15) is 47.8 Å². The van der Waals surface area contributed by atoms with Crippen molar-refractivity contribution in [1.82, 2.24) is 25.2 Å². The van der Waals surface area contributed by atoms with E-state index in [9.17, 15) is 9.18 Å². The molecule has 2 aromatic rings. The quantitative estimate of drug-likeness (QED) is 0.822. The first-order valence-corrected chi connectivity index (χ1v) is 9.97. The fourth-order valence-corrected chi connectivity index (χ4v) is 3.90. The summed E-state index contributed by atoms with van der Waals surface area (Å²) in [6.07, 6.45) is 5.62. The van der Waals surface area contributed by atoms with Gasteiger partial charge in [0.05, 0.1) is 18.3 Å². The summed E-state index contributed by atoms with van der Waals surface area (Å²) >= 11 is 0. The van der Waals surface area contributed by atoms with Crippen LogP contribution in [0.2, 0.25) is 0 Å². The summed E-state index contributed by atoms with van der Waals surface area (Å²) in [5, 5.41) is 11.7. The third-order valence-electron chi connectivity index (χ3n) is 5.41. The SMILES string of the molecule is O=C(c1cn(C2CCNCC2)nn1)N(Cc1cccc(F)c1)CC1CCCO1. The van der Waals surface area contributed by atoms with Gasteiger partial charge < -0.3 is 15.0 Å². The molecule has 2 aliphatic rings.